The van der Waals surface area contributed by atoms with E-state index in [1.54, 1.807) is 0 Å². The van der Waals surface area contributed by atoms with E-state index in [1.165, 1.54) is 38.5 Å². The number of para-hydroxylation sites is 1. The molecule has 1 aliphatic carbocycles. The van der Waals surface area contributed by atoms with Crippen LogP contribution in [0.25, 0.3) is 0 Å². The summed E-state index contributed by atoms with van der Waals surface area (Å²) in [4.78, 5) is 0. The summed E-state index contributed by atoms with van der Waals surface area (Å²) in [6, 6.07) is 10.3. The van der Waals surface area contributed by atoms with Gasteiger partial charge in [-0.15, -0.1) is 0 Å². The number of hydrogen-bond acceptors (Lipinski definition) is 2. The average Bonchev–Trinajstić information content (AvgIpc) is 2.41. The quantitative estimate of drug-likeness (QED) is 0.831. The third kappa shape index (κ3) is 4.69. The van der Waals surface area contributed by atoms with Gasteiger partial charge in [-0.05, 0) is 30.9 Å². The average molecular weight is 247 g/mol. The topological polar surface area (TPSA) is 35.2 Å². The zero-order valence-corrected chi connectivity index (χ0v) is 11.2. The first-order valence-corrected chi connectivity index (χ1v) is 7.28. The lowest BCUT2D eigenvalue weighted by atomic mass is 9.84. The molecule has 0 amide bonds. The van der Waals surface area contributed by atoms with Gasteiger partial charge in [0.25, 0.3) is 0 Å². The van der Waals surface area contributed by atoms with Crippen molar-refractivity contribution >= 4 is 0 Å². The van der Waals surface area contributed by atoms with Crippen molar-refractivity contribution in [3.63, 3.8) is 0 Å². The molecule has 2 nitrogen and oxygen atoms in total. The standard InChI is InChI=1S/C16H25NO/c17-15(13-14-7-3-1-4-8-14)11-12-18-16-9-5-2-6-10-16/h2,5-6,9-10,14-15H,1,3-4,7-8,11-13,17H2. The molecule has 0 heterocycles. The van der Waals surface area contributed by atoms with Gasteiger partial charge in [-0.3, -0.25) is 0 Å². The third-order valence-corrected chi connectivity index (χ3v) is 3.86. The summed E-state index contributed by atoms with van der Waals surface area (Å²) >= 11 is 0. The number of hydrogen-bond donors (Lipinski definition) is 1. The molecule has 1 aromatic rings. The van der Waals surface area contributed by atoms with Crippen LogP contribution in [-0.4, -0.2) is 12.6 Å². The molecule has 0 bridgehead atoms. The van der Waals surface area contributed by atoms with Gasteiger partial charge in [0.1, 0.15) is 5.75 Å². The van der Waals surface area contributed by atoms with Crippen LogP contribution in [0, 0.1) is 5.92 Å². The predicted octanol–water partition coefficient (Wildman–Crippen LogP) is 3.75. The number of benzene rings is 1. The lowest BCUT2D eigenvalue weighted by Crippen LogP contribution is -2.26. The number of rotatable bonds is 6. The fraction of sp³-hybridized carbons (Fsp3) is 0.625. The zero-order valence-electron chi connectivity index (χ0n) is 11.2. The van der Waals surface area contributed by atoms with Crippen LogP contribution in [0.15, 0.2) is 30.3 Å². The molecule has 0 aliphatic heterocycles. The smallest absolute Gasteiger partial charge is 0.119 e. The number of ether oxygens (including phenoxy) is 1. The Morgan fingerprint density at radius 2 is 1.83 bits per heavy atom. The molecular formula is C16H25NO. The molecule has 2 heteroatoms. The Hall–Kier alpha value is -1.02. The van der Waals surface area contributed by atoms with Crippen LogP contribution in [0.3, 0.4) is 0 Å². The molecular weight excluding hydrogens is 222 g/mol. The Morgan fingerprint density at radius 1 is 1.11 bits per heavy atom. The molecule has 0 spiro atoms. The minimum Gasteiger partial charge on any atom is -0.494 e. The van der Waals surface area contributed by atoms with Gasteiger partial charge in [-0.1, -0.05) is 50.3 Å². The second kappa shape index (κ2) is 7.42. The van der Waals surface area contributed by atoms with Gasteiger partial charge in [-0.2, -0.15) is 0 Å². The van der Waals surface area contributed by atoms with Crippen LogP contribution in [0.5, 0.6) is 5.75 Å². The van der Waals surface area contributed by atoms with Crippen LogP contribution in [0.2, 0.25) is 0 Å². The van der Waals surface area contributed by atoms with Crippen LogP contribution < -0.4 is 10.5 Å². The maximum Gasteiger partial charge on any atom is 0.119 e. The largest absolute Gasteiger partial charge is 0.494 e. The van der Waals surface area contributed by atoms with Crippen LogP contribution in [-0.2, 0) is 0 Å². The minimum absolute atomic E-state index is 0.303. The van der Waals surface area contributed by atoms with Crippen molar-refractivity contribution in [2.45, 2.75) is 51.0 Å². The highest BCUT2D eigenvalue weighted by Crippen LogP contribution is 2.27. The van der Waals surface area contributed by atoms with E-state index in [2.05, 4.69) is 0 Å². The molecule has 2 N–H and O–H groups in total. The summed E-state index contributed by atoms with van der Waals surface area (Å²) in [5, 5.41) is 0. The Balaban J connectivity index is 1.61. The molecule has 2 rings (SSSR count). The van der Waals surface area contributed by atoms with Gasteiger partial charge >= 0.3 is 0 Å². The van der Waals surface area contributed by atoms with Gasteiger partial charge in [0, 0.05) is 6.04 Å². The van der Waals surface area contributed by atoms with Crippen LogP contribution in [0.1, 0.15) is 44.9 Å². The monoisotopic (exact) mass is 247 g/mol. The van der Waals surface area contributed by atoms with Gasteiger partial charge in [0.05, 0.1) is 6.61 Å². The van der Waals surface area contributed by atoms with Crippen molar-refractivity contribution in [3.05, 3.63) is 30.3 Å². The predicted molar refractivity (Wildman–Crippen MR) is 75.7 cm³/mol. The summed E-state index contributed by atoms with van der Waals surface area (Å²) in [6.45, 7) is 0.734. The first-order valence-electron chi connectivity index (χ1n) is 7.28. The van der Waals surface area contributed by atoms with E-state index in [1.807, 2.05) is 30.3 Å². The molecule has 1 atom stereocenters. The second-order valence-corrected chi connectivity index (χ2v) is 5.45. The van der Waals surface area contributed by atoms with Crippen molar-refractivity contribution in [2.75, 3.05) is 6.61 Å². The molecule has 1 aromatic carbocycles. The van der Waals surface area contributed by atoms with Gasteiger partial charge in [0.2, 0.25) is 0 Å². The van der Waals surface area contributed by atoms with Gasteiger partial charge in [-0.25, -0.2) is 0 Å². The first-order chi connectivity index (χ1) is 8.84. The lowest BCUT2D eigenvalue weighted by Gasteiger charge is -2.24. The molecule has 0 radical (unpaired) electrons. The lowest BCUT2D eigenvalue weighted by molar-refractivity contribution is 0.266. The molecule has 1 unspecified atom stereocenters. The second-order valence-electron chi connectivity index (χ2n) is 5.45. The maximum atomic E-state index is 6.19. The van der Waals surface area contributed by atoms with Crippen molar-refractivity contribution < 1.29 is 4.74 Å². The summed E-state index contributed by atoms with van der Waals surface area (Å²) in [6.07, 6.45) is 9.13. The van der Waals surface area contributed by atoms with E-state index >= 15 is 0 Å². The Morgan fingerprint density at radius 3 is 2.56 bits per heavy atom. The van der Waals surface area contributed by atoms with E-state index in [9.17, 15) is 0 Å². The molecule has 0 aromatic heterocycles. The minimum atomic E-state index is 0.303. The molecule has 18 heavy (non-hydrogen) atoms. The summed E-state index contributed by atoms with van der Waals surface area (Å²) in [5.74, 6) is 1.81. The Kier molecular flexibility index (Phi) is 5.53. The van der Waals surface area contributed by atoms with E-state index in [0.717, 1.165) is 24.7 Å². The number of nitrogens with two attached hydrogens (primary N) is 1. The SMILES string of the molecule is NC(CCOc1ccccc1)CC1CCCCC1. The maximum absolute atomic E-state index is 6.19. The molecule has 0 saturated heterocycles. The van der Waals surface area contributed by atoms with Crippen molar-refractivity contribution in [2.24, 2.45) is 11.7 Å². The molecule has 1 fully saturated rings. The van der Waals surface area contributed by atoms with Crippen LogP contribution >= 0.6 is 0 Å². The highest BCUT2D eigenvalue weighted by Gasteiger charge is 2.16. The van der Waals surface area contributed by atoms with Gasteiger partial charge < -0.3 is 10.5 Å². The summed E-state index contributed by atoms with van der Waals surface area (Å²) in [5.41, 5.74) is 6.19. The van der Waals surface area contributed by atoms with E-state index in [-0.39, 0.29) is 0 Å². The summed E-state index contributed by atoms with van der Waals surface area (Å²) < 4.78 is 5.69. The Bertz CT molecular complexity index is 319. The fourth-order valence-corrected chi connectivity index (χ4v) is 2.81. The van der Waals surface area contributed by atoms with E-state index in [0.29, 0.717) is 6.04 Å². The summed E-state index contributed by atoms with van der Waals surface area (Å²) in [7, 11) is 0. The van der Waals surface area contributed by atoms with E-state index in [4.69, 9.17) is 10.5 Å². The van der Waals surface area contributed by atoms with Crippen molar-refractivity contribution in [1.29, 1.82) is 0 Å². The van der Waals surface area contributed by atoms with Crippen molar-refractivity contribution in [1.82, 2.24) is 0 Å². The van der Waals surface area contributed by atoms with Crippen molar-refractivity contribution in [3.8, 4) is 5.75 Å². The molecule has 100 valence electrons. The highest BCUT2D eigenvalue weighted by molar-refractivity contribution is 5.20. The van der Waals surface area contributed by atoms with E-state index < -0.39 is 0 Å². The first kappa shape index (κ1) is 13.4. The fourth-order valence-electron chi connectivity index (χ4n) is 2.81. The Labute approximate surface area is 111 Å². The van der Waals surface area contributed by atoms with Crippen LogP contribution in [0.4, 0.5) is 0 Å². The normalized spacial score (nSPS) is 18.5. The molecule has 1 aliphatic rings. The third-order valence-electron chi connectivity index (χ3n) is 3.86. The highest BCUT2D eigenvalue weighted by atomic mass is 16.5. The zero-order chi connectivity index (χ0) is 12.6. The molecule has 1 saturated carbocycles. The van der Waals surface area contributed by atoms with Gasteiger partial charge in [0.15, 0.2) is 0 Å².